The molecule has 0 amide bonds. The van der Waals surface area contributed by atoms with Crippen molar-refractivity contribution >= 4 is 5.78 Å². The van der Waals surface area contributed by atoms with Crippen molar-refractivity contribution in [1.82, 2.24) is 0 Å². The molecule has 0 heterocycles. The highest BCUT2D eigenvalue weighted by Gasteiger charge is 2.35. The highest BCUT2D eigenvalue weighted by atomic mass is 16.1. The second-order valence-corrected chi connectivity index (χ2v) is 5.72. The number of ketones is 1. The Morgan fingerprint density at radius 3 is 2.57 bits per heavy atom. The number of carbonyl (C=O) groups excluding carboxylic acids is 1. The number of carbonyl (C=O) groups is 1. The zero-order chi connectivity index (χ0) is 10.8. The van der Waals surface area contributed by atoms with Crippen molar-refractivity contribution in [2.45, 2.75) is 59.8 Å². The Balaban J connectivity index is 2.59. The summed E-state index contributed by atoms with van der Waals surface area (Å²) in [6.07, 6.45) is 6.15. The first-order valence-corrected chi connectivity index (χ1v) is 5.93. The second-order valence-electron chi connectivity index (χ2n) is 5.72. The molecule has 1 saturated carbocycles. The molecule has 0 aromatic rings. The van der Waals surface area contributed by atoms with Crippen LogP contribution in [-0.2, 0) is 4.79 Å². The molecule has 0 aromatic heterocycles. The monoisotopic (exact) mass is 196 g/mol. The lowest BCUT2D eigenvalue weighted by Gasteiger charge is -2.42. The van der Waals surface area contributed by atoms with Gasteiger partial charge in [-0.15, -0.1) is 0 Å². The second kappa shape index (κ2) is 4.46. The van der Waals surface area contributed by atoms with E-state index in [0.29, 0.717) is 17.1 Å². The van der Waals surface area contributed by atoms with Crippen molar-refractivity contribution in [3.8, 4) is 0 Å². The molecule has 2 atom stereocenters. The van der Waals surface area contributed by atoms with Gasteiger partial charge in [0.2, 0.25) is 0 Å². The van der Waals surface area contributed by atoms with Gasteiger partial charge < -0.3 is 4.79 Å². The van der Waals surface area contributed by atoms with Gasteiger partial charge in [-0.2, -0.15) is 0 Å². The molecule has 0 saturated heterocycles. The quantitative estimate of drug-likeness (QED) is 0.670. The first kappa shape index (κ1) is 11.7. The summed E-state index contributed by atoms with van der Waals surface area (Å²) in [6.45, 7) is 8.70. The molecule has 0 spiro atoms. The van der Waals surface area contributed by atoms with E-state index in [-0.39, 0.29) is 0 Å². The van der Waals surface area contributed by atoms with Crippen LogP contribution < -0.4 is 0 Å². The molecule has 1 aliphatic rings. The molecule has 1 aliphatic carbocycles. The molecule has 14 heavy (non-hydrogen) atoms. The van der Waals surface area contributed by atoms with Crippen LogP contribution in [-0.4, -0.2) is 5.78 Å². The third-order valence-corrected chi connectivity index (χ3v) is 3.89. The Labute approximate surface area is 88.3 Å². The molecule has 1 fully saturated rings. The molecular formula is C13H24O. The van der Waals surface area contributed by atoms with E-state index in [2.05, 4.69) is 20.8 Å². The Kier molecular flexibility index (Phi) is 3.74. The fourth-order valence-corrected chi connectivity index (χ4v) is 3.17. The fraction of sp³-hybridized carbons (Fsp3) is 0.923. The lowest BCUT2D eigenvalue weighted by atomic mass is 9.63. The van der Waals surface area contributed by atoms with Crippen LogP contribution in [0.3, 0.4) is 0 Å². The number of hydrogen-bond donors (Lipinski definition) is 0. The van der Waals surface area contributed by atoms with Gasteiger partial charge in [-0.3, -0.25) is 0 Å². The summed E-state index contributed by atoms with van der Waals surface area (Å²) in [6, 6.07) is 0. The predicted octanol–water partition coefficient (Wildman–Crippen LogP) is 3.82. The lowest BCUT2D eigenvalue weighted by molar-refractivity contribution is -0.118. The standard InChI is InChI=1S/C13H24O/c1-10(9-11(2)14)12-7-5-6-8-13(12,3)4/h10,12H,5-9H2,1-4H3. The largest absolute Gasteiger partial charge is 0.300 e. The van der Waals surface area contributed by atoms with Gasteiger partial charge in [0, 0.05) is 6.42 Å². The molecule has 0 radical (unpaired) electrons. The van der Waals surface area contributed by atoms with Gasteiger partial charge in [0.25, 0.3) is 0 Å². The van der Waals surface area contributed by atoms with E-state index in [1.807, 2.05) is 0 Å². The Morgan fingerprint density at radius 1 is 1.43 bits per heavy atom. The van der Waals surface area contributed by atoms with Gasteiger partial charge in [0.15, 0.2) is 0 Å². The molecule has 0 bridgehead atoms. The van der Waals surface area contributed by atoms with Crippen molar-refractivity contribution in [1.29, 1.82) is 0 Å². The third kappa shape index (κ3) is 2.83. The van der Waals surface area contributed by atoms with Crippen LogP contribution in [0.1, 0.15) is 59.8 Å². The van der Waals surface area contributed by atoms with Crippen LogP contribution in [0.4, 0.5) is 0 Å². The minimum atomic E-state index is 0.346. The van der Waals surface area contributed by atoms with Crippen molar-refractivity contribution < 1.29 is 4.79 Å². The van der Waals surface area contributed by atoms with E-state index in [9.17, 15) is 4.79 Å². The summed E-state index contributed by atoms with van der Waals surface area (Å²) in [7, 11) is 0. The van der Waals surface area contributed by atoms with E-state index in [0.717, 1.165) is 12.3 Å². The highest BCUT2D eigenvalue weighted by molar-refractivity contribution is 5.75. The summed E-state index contributed by atoms with van der Waals surface area (Å²) in [5, 5.41) is 0. The lowest BCUT2D eigenvalue weighted by Crippen LogP contribution is -2.33. The summed E-state index contributed by atoms with van der Waals surface area (Å²) < 4.78 is 0. The topological polar surface area (TPSA) is 17.1 Å². The maximum atomic E-state index is 11.1. The molecule has 2 unspecified atom stereocenters. The van der Waals surface area contributed by atoms with Gasteiger partial charge in [0.1, 0.15) is 5.78 Å². The number of Topliss-reactive ketones (excluding diaryl/α,β-unsaturated/α-hetero) is 1. The average Bonchev–Trinajstić information content (AvgIpc) is 2.01. The summed E-state index contributed by atoms with van der Waals surface area (Å²) in [5.74, 6) is 1.67. The maximum Gasteiger partial charge on any atom is 0.130 e. The normalized spacial score (nSPS) is 28.4. The number of hydrogen-bond acceptors (Lipinski definition) is 1. The third-order valence-electron chi connectivity index (χ3n) is 3.89. The minimum Gasteiger partial charge on any atom is -0.300 e. The van der Waals surface area contributed by atoms with Gasteiger partial charge in [-0.05, 0) is 37.0 Å². The Hall–Kier alpha value is -0.330. The minimum absolute atomic E-state index is 0.346. The van der Waals surface area contributed by atoms with Gasteiger partial charge in [-0.1, -0.05) is 33.6 Å². The molecular weight excluding hydrogens is 172 g/mol. The number of rotatable bonds is 3. The SMILES string of the molecule is CC(=O)CC(C)C1CCCCC1(C)C. The van der Waals surface area contributed by atoms with Crippen molar-refractivity contribution in [2.75, 3.05) is 0 Å². The van der Waals surface area contributed by atoms with E-state index in [4.69, 9.17) is 0 Å². The predicted molar refractivity (Wildman–Crippen MR) is 60.2 cm³/mol. The van der Waals surface area contributed by atoms with Crippen LogP contribution in [0, 0.1) is 17.3 Å². The van der Waals surface area contributed by atoms with Crippen molar-refractivity contribution in [3.05, 3.63) is 0 Å². The molecule has 1 nitrogen and oxygen atoms in total. The van der Waals surface area contributed by atoms with Crippen LogP contribution in [0.15, 0.2) is 0 Å². The van der Waals surface area contributed by atoms with Crippen LogP contribution in [0.25, 0.3) is 0 Å². The molecule has 1 heteroatoms. The van der Waals surface area contributed by atoms with E-state index in [1.165, 1.54) is 25.7 Å². The first-order chi connectivity index (χ1) is 6.43. The fourth-order valence-electron chi connectivity index (χ4n) is 3.17. The zero-order valence-electron chi connectivity index (χ0n) is 10.1. The van der Waals surface area contributed by atoms with E-state index >= 15 is 0 Å². The van der Waals surface area contributed by atoms with Crippen LogP contribution >= 0.6 is 0 Å². The van der Waals surface area contributed by atoms with Gasteiger partial charge >= 0.3 is 0 Å². The molecule has 0 aliphatic heterocycles. The maximum absolute atomic E-state index is 11.1. The van der Waals surface area contributed by atoms with E-state index in [1.54, 1.807) is 6.92 Å². The van der Waals surface area contributed by atoms with E-state index < -0.39 is 0 Å². The molecule has 0 aromatic carbocycles. The molecule has 82 valence electrons. The summed E-state index contributed by atoms with van der Waals surface area (Å²) >= 11 is 0. The average molecular weight is 196 g/mol. The zero-order valence-corrected chi connectivity index (χ0v) is 10.1. The van der Waals surface area contributed by atoms with Gasteiger partial charge in [-0.25, -0.2) is 0 Å². The molecule has 1 rings (SSSR count). The summed E-state index contributed by atoms with van der Waals surface area (Å²) in [4.78, 5) is 11.1. The smallest absolute Gasteiger partial charge is 0.130 e. The summed E-state index contributed by atoms with van der Waals surface area (Å²) in [5.41, 5.74) is 0.452. The van der Waals surface area contributed by atoms with Crippen molar-refractivity contribution in [3.63, 3.8) is 0 Å². The highest BCUT2D eigenvalue weighted by Crippen LogP contribution is 2.45. The van der Waals surface area contributed by atoms with Crippen LogP contribution in [0.2, 0.25) is 0 Å². The molecule has 0 N–H and O–H groups in total. The van der Waals surface area contributed by atoms with Crippen molar-refractivity contribution in [2.24, 2.45) is 17.3 Å². The van der Waals surface area contributed by atoms with Gasteiger partial charge in [0.05, 0.1) is 0 Å². The first-order valence-electron chi connectivity index (χ1n) is 5.93. The van der Waals surface area contributed by atoms with Crippen LogP contribution in [0.5, 0.6) is 0 Å². The Bertz CT molecular complexity index is 205. The Morgan fingerprint density at radius 2 is 2.07 bits per heavy atom.